The normalized spacial score (nSPS) is 11.2. The largest absolute Gasteiger partial charge is 0.469 e. The summed E-state index contributed by atoms with van der Waals surface area (Å²) in [6, 6.07) is 0. The molecule has 0 radical (unpaired) electrons. The molecule has 0 N–H and O–H groups in total. The highest BCUT2D eigenvalue weighted by atomic mass is 16.5. The smallest absolute Gasteiger partial charge is 0.313 e. The maximum atomic E-state index is 11.4. The molecule has 0 aliphatic rings. The second-order valence-electron chi connectivity index (χ2n) is 6.05. The number of esters is 1. The minimum atomic E-state index is -0.425. The Morgan fingerprint density at radius 3 is 2.19 bits per heavy atom. The van der Waals surface area contributed by atoms with Crippen LogP contribution in [0.4, 0.5) is 0 Å². The van der Waals surface area contributed by atoms with Crippen LogP contribution in [0.2, 0.25) is 0 Å². The fraction of sp³-hybridized carbons (Fsp3) is 0.778. The summed E-state index contributed by atoms with van der Waals surface area (Å²) in [5.74, 6) is 0.325. The van der Waals surface area contributed by atoms with Gasteiger partial charge in [0.05, 0.1) is 7.11 Å². The molecule has 0 aliphatic heterocycles. The minimum absolute atomic E-state index is 0.00265. The molecular weight excluding hydrogens is 264 g/mol. The van der Waals surface area contributed by atoms with Crippen molar-refractivity contribution in [2.75, 3.05) is 7.11 Å². The molecule has 0 aliphatic carbocycles. The maximum absolute atomic E-state index is 11.4. The first-order chi connectivity index (χ1) is 10.1. The van der Waals surface area contributed by atoms with Gasteiger partial charge in [-0.05, 0) is 31.6 Å². The van der Waals surface area contributed by atoms with Crippen LogP contribution in [0.15, 0.2) is 12.2 Å². The highest BCUT2D eigenvalue weighted by Crippen LogP contribution is 2.10. The van der Waals surface area contributed by atoms with Crippen LogP contribution in [0.1, 0.15) is 78.1 Å². The third-order valence-electron chi connectivity index (χ3n) is 3.42. The molecule has 0 aromatic carbocycles. The predicted molar refractivity (Wildman–Crippen MR) is 87.2 cm³/mol. The van der Waals surface area contributed by atoms with Gasteiger partial charge in [-0.2, -0.15) is 0 Å². The van der Waals surface area contributed by atoms with Crippen LogP contribution in [0, 0.1) is 5.92 Å². The lowest BCUT2D eigenvalue weighted by Crippen LogP contribution is -2.08. The number of hydrogen-bond acceptors (Lipinski definition) is 3. The Morgan fingerprint density at radius 2 is 1.57 bits per heavy atom. The van der Waals surface area contributed by atoms with Crippen molar-refractivity contribution in [1.29, 1.82) is 0 Å². The SMILES string of the molecule is COC(=O)CC(=O)CCCCCCCCC=CCC(C)C. The molecule has 0 heterocycles. The van der Waals surface area contributed by atoms with Crippen molar-refractivity contribution in [1.82, 2.24) is 0 Å². The fourth-order valence-corrected chi connectivity index (χ4v) is 2.10. The van der Waals surface area contributed by atoms with Crippen LogP contribution in [-0.4, -0.2) is 18.9 Å². The first-order valence-electron chi connectivity index (χ1n) is 8.29. The molecule has 0 fully saturated rings. The molecular formula is C18H32O3. The molecule has 0 spiro atoms. The lowest BCUT2D eigenvalue weighted by molar-refractivity contribution is -0.143. The van der Waals surface area contributed by atoms with E-state index in [2.05, 4.69) is 30.7 Å². The number of allylic oxidation sites excluding steroid dienone is 2. The Bertz CT molecular complexity index is 306. The molecule has 0 unspecified atom stereocenters. The second kappa shape index (κ2) is 13.8. The molecule has 0 bridgehead atoms. The zero-order chi connectivity index (χ0) is 15.9. The quantitative estimate of drug-likeness (QED) is 0.211. The second-order valence-corrected chi connectivity index (χ2v) is 6.05. The van der Waals surface area contributed by atoms with Gasteiger partial charge in [-0.25, -0.2) is 0 Å². The van der Waals surface area contributed by atoms with Gasteiger partial charge in [-0.1, -0.05) is 51.7 Å². The van der Waals surface area contributed by atoms with Crippen molar-refractivity contribution in [3.05, 3.63) is 12.2 Å². The van der Waals surface area contributed by atoms with E-state index in [9.17, 15) is 9.59 Å². The number of carbonyl (C=O) groups is 2. The van der Waals surface area contributed by atoms with E-state index in [0.29, 0.717) is 6.42 Å². The standard InChI is InChI=1S/C18H32O3/c1-16(2)13-11-9-7-5-4-6-8-10-12-14-17(19)15-18(20)21-3/h9,11,16H,4-8,10,12-15H2,1-3H3. The van der Waals surface area contributed by atoms with Gasteiger partial charge in [0.25, 0.3) is 0 Å². The van der Waals surface area contributed by atoms with Crippen LogP contribution < -0.4 is 0 Å². The molecule has 3 nitrogen and oxygen atoms in total. The summed E-state index contributed by atoms with van der Waals surface area (Å²) >= 11 is 0. The molecule has 3 heteroatoms. The van der Waals surface area contributed by atoms with Crippen LogP contribution in [0.3, 0.4) is 0 Å². The number of ether oxygens (including phenoxy) is 1. The number of ketones is 1. The lowest BCUT2D eigenvalue weighted by atomic mass is 10.1. The van der Waals surface area contributed by atoms with Gasteiger partial charge in [0.1, 0.15) is 12.2 Å². The van der Waals surface area contributed by atoms with Crippen LogP contribution in [-0.2, 0) is 14.3 Å². The summed E-state index contributed by atoms with van der Waals surface area (Å²) in [6.45, 7) is 4.47. The molecule has 0 amide bonds. The summed E-state index contributed by atoms with van der Waals surface area (Å²) in [6.07, 6.45) is 14.3. The van der Waals surface area contributed by atoms with Gasteiger partial charge < -0.3 is 4.74 Å². The zero-order valence-corrected chi connectivity index (χ0v) is 14.0. The van der Waals surface area contributed by atoms with Gasteiger partial charge >= 0.3 is 5.97 Å². The Hall–Kier alpha value is -1.12. The number of rotatable bonds is 13. The van der Waals surface area contributed by atoms with Crippen molar-refractivity contribution in [2.45, 2.75) is 78.1 Å². The van der Waals surface area contributed by atoms with E-state index in [1.54, 1.807) is 0 Å². The van der Waals surface area contributed by atoms with E-state index >= 15 is 0 Å². The number of unbranched alkanes of at least 4 members (excludes halogenated alkanes) is 6. The molecule has 0 saturated carbocycles. The molecule has 0 atom stereocenters. The molecule has 0 aromatic heterocycles. The fourth-order valence-electron chi connectivity index (χ4n) is 2.10. The van der Waals surface area contributed by atoms with Crippen LogP contribution in [0.25, 0.3) is 0 Å². The molecule has 0 rings (SSSR count). The third-order valence-corrected chi connectivity index (χ3v) is 3.42. The van der Waals surface area contributed by atoms with Gasteiger partial charge in [-0.15, -0.1) is 0 Å². The third kappa shape index (κ3) is 15.1. The molecule has 21 heavy (non-hydrogen) atoms. The van der Waals surface area contributed by atoms with E-state index in [4.69, 9.17) is 0 Å². The topological polar surface area (TPSA) is 43.4 Å². The molecule has 122 valence electrons. The van der Waals surface area contributed by atoms with Gasteiger partial charge in [0.2, 0.25) is 0 Å². The van der Waals surface area contributed by atoms with Gasteiger partial charge in [-0.3, -0.25) is 9.59 Å². The van der Waals surface area contributed by atoms with Crippen LogP contribution >= 0.6 is 0 Å². The van der Waals surface area contributed by atoms with Crippen molar-refractivity contribution >= 4 is 11.8 Å². The Balaban J connectivity index is 3.27. The average molecular weight is 296 g/mol. The average Bonchev–Trinajstić information content (AvgIpc) is 2.44. The summed E-state index contributed by atoms with van der Waals surface area (Å²) in [4.78, 5) is 22.3. The maximum Gasteiger partial charge on any atom is 0.313 e. The first kappa shape index (κ1) is 19.9. The number of carbonyl (C=O) groups excluding carboxylic acids is 2. The van der Waals surface area contributed by atoms with E-state index < -0.39 is 5.97 Å². The number of hydrogen-bond donors (Lipinski definition) is 0. The van der Waals surface area contributed by atoms with E-state index in [1.807, 2.05) is 0 Å². The van der Waals surface area contributed by atoms with Gasteiger partial charge in [0, 0.05) is 6.42 Å². The van der Waals surface area contributed by atoms with Crippen molar-refractivity contribution in [2.24, 2.45) is 5.92 Å². The minimum Gasteiger partial charge on any atom is -0.469 e. The highest BCUT2D eigenvalue weighted by molar-refractivity contribution is 5.95. The van der Waals surface area contributed by atoms with E-state index in [-0.39, 0.29) is 12.2 Å². The Kier molecular flexibility index (Phi) is 13.1. The van der Waals surface area contributed by atoms with Crippen molar-refractivity contribution in [3.8, 4) is 0 Å². The number of methoxy groups -OCH3 is 1. The van der Waals surface area contributed by atoms with Crippen molar-refractivity contribution in [3.63, 3.8) is 0 Å². The molecule has 0 saturated heterocycles. The Labute approximate surface area is 130 Å². The monoisotopic (exact) mass is 296 g/mol. The summed E-state index contributed by atoms with van der Waals surface area (Å²) in [5.41, 5.74) is 0. The zero-order valence-electron chi connectivity index (χ0n) is 14.0. The number of Topliss-reactive ketones (excluding diaryl/α,β-unsaturated/α-hetero) is 1. The molecule has 0 aromatic rings. The van der Waals surface area contributed by atoms with E-state index in [1.165, 1.54) is 45.6 Å². The van der Waals surface area contributed by atoms with Gasteiger partial charge in [0.15, 0.2) is 0 Å². The summed E-state index contributed by atoms with van der Waals surface area (Å²) in [5, 5.41) is 0. The Morgan fingerprint density at radius 1 is 0.952 bits per heavy atom. The first-order valence-corrected chi connectivity index (χ1v) is 8.29. The van der Waals surface area contributed by atoms with Crippen LogP contribution in [0.5, 0.6) is 0 Å². The predicted octanol–water partition coefficient (Wildman–Crippen LogP) is 4.84. The lowest BCUT2D eigenvalue weighted by Gasteiger charge is -2.01. The van der Waals surface area contributed by atoms with E-state index in [0.717, 1.165) is 18.8 Å². The summed E-state index contributed by atoms with van der Waals surface area (Å²) < 4.78 is 4.47. The van der Waals surface area contributed by atoms with Crippen molar-refractivity contribution < 1.29 is 14.3 Å². The highest BCUT2D eigenvalue weighted by Gasteiger charge is 2.08. The summed E-state index contributed by atoms with van der Waals surface area (Å²) in [7, 11) is 1.31.